The molecule has 2 aliphatic rings. The topological polar surface area (TPSA) is 82.8 Å². The first kappa shape index (κ1) is 24.4. The Morgan fingerprint density at radius 3 is 2.28 bits per heavy atom. The van der Waals surface area contributed by atoms with Crippen molar-refractivity contribution in [2.75, 3.05) is 28.1 Å². The van der Waals surface area contributed by atoms with Gasteiger partial charge in [-0.15, -0.1) is 11.8 Å². The van der Waals surface area contributed by atoms with Crippen molar-refractivity contribution in [1.29, 1.82) is 5.26 Å². The molecule has 1 aliphatic heterocycles. The fraction of sp³-hybridized carbons (Fsp3) is 0.333. The largest absolute Gasteiger partial charge is 0.493 e. The third-order valence-corrected chi connectivity index (χ3v) is 7.81. The van der Waals surface area contributed by atoms with Gasteiger partial charge >= 0.3 is 0 Å². The normalized spacial score (nSPS) is 13.6. The van der Waals surface area contributed by atoms with Crippen molar-refractivity contribution in [3.05, 3.63) is 51.5 Å². The van der Waals surface area contributed by atoms with E-state index in [0.29, 0.717) is 50.1 Å². The second-order valence-electron chi connectivity index (χ2n) is 8.42. The molecule has 0 amide bonds. The van der Waals surface area contributed by atoms with Crippen molar-refractivity contribution in [2.45, 2.75) is 36.5 Å². The van der Waals surface area contributed by atoms with Crippen LogP contribution in [0, 0.1) is 11.3 Å². The molecule has 1 aromatic heterocycles. The van der Waals surface area contributed by atoms with Crippen LogP contribution in [-0.4, -0.2) is 33.1 Å². The molecule has 186 valence electrons. The number of halogens is 1. The number of hydrogen-bond donors (Lipinski definition) is 0. The van der Waals surface area contributed by atoms with Crippen LogP contribution < -0.4 is 23.7 Å². The van der Waals surface area contributed by atoms with Crippen molar-refractivity contribution in [3.8, 4) is 46.1 Å². The predicted molar refractivity (Wildman–Crippen MR) is 138 cm³/mol. The summed E-state index contributed by atoms with van der Waals surface area (Å²) in [6, 6.07) is 9.91. The van der Waals surface area contributed by atoms with Gasteiger partial charge in [-0.05, 0) is 60.6 Å². The molecule has 2 heterocycles. The van der Waals surface area contributed by atoms with Gasteiger partial charge in [0, 0.05) is 22.4 Å². The van der Waals surface area contributed by atoms with E-state index in [0.717, 1.165) is 53.6 Å². The van der Waals surface area contributed by atoms with Crippen LogP contribution in [0.3, 0.4) is 0 Å². The molecule has 0 bridgehead atoms. The molecule has 36 heavy (non-hydrogen) atoms. The molecule has 0 N–H and O–H groups in total. The fourth-order valence-electron chi connectivity index (χ4n) is 4.69. The van der Waals surface area contributed by atoms with Crippen molar-refractivity contribution >= 4 is 23.4 Å². The van der Waals surface area contributed by atoms with Gasteiger partial charge in [0.15, 0.2) is 23.0 Å². The lowest BCUT2D eigenvalue weighted by molar-refractivity contribution is 0.174. The predicted octanol–water partition coefficient (Wildman–Crippen LogP) is 6.20. The van der Waals surface area contributed by atoms with Crippen LogP contribution in [0.25, 0.3) is 11.3 Å². The lowest BCUT2D eigenvalue weighted by atomic mass is 9.86. The second kappa shape index (κ2) is 10.4. The van der Waals surface area contributed by atoms with Gasteiger partial charge in [-0.25, -0.2) is 4.98 Å². The number of aromatic nitrogens is 1. The van der Waals surface area contributed by atoms with Crippen LogP contribution in [0.4, 0.5) is 0 Å². The molecule has 5 rings (SSSR count). The summed E-state index contributed by atoms with van der Waals surface area (Å²) in [4.78, 5) is 5.04. The first-order chi connectivity index (χ1) is 17.6. The van der Waals surface area contributed by atoms with Crippen molar-refractivity contribution in [1.82, 2.24) is 4.98 Å². The van der Waals surface area contributed by atoms with Gasteiger partial charge in [0.05, 0.1) is 32.6 Å². The lowest BCUT2D eigenvalue weighted by Gasteiger charge is -2.23. The molecule has 9 heteroatoms. The highest BCUT2D eigenvalue weighted by Gasteiger charge is 2.25. The number of nitriles is 1. The summed E-state index contributed by atoms with van der Waals surface area (Å²) in [7, 11) is 4.77. The standard InChI is InChI=1S/C27H25ClN2O5S/c1-31-23-8-15(9-24(32-2)26(23)33-3)25-18-7-5-4-6-17(18)19(12-29)27(30-25)36-13-16-10-21-22(11-20(16)28)35-14-34-21/h8-11H,4-7,13-14H2,1-3H3. The molecule has 0 saturated heterocycles. The average Bonchev–Trinajstić information content (AvgIpc) is 3.37. The summed E-state index contributed by atoms with van der Waals surface area (Å²) in [6.07, 6.45) is 3.80. The number of rotatable bonds is 7. The third kappa shape index (κ3) is 4.38. The first-order valence-corrected chi connectivity index (χ1v) is 12.9. The maximum absolute atomic E-state index is 10.1. The lowest BCUT2D eigenvalue weighted by Crippen LogP contribution is -2.11. The van der Waals surface area contributed by atoms with Gasteiger partial charge in [0.1, 0.15) is 11.1 Å². The molecule has 1 aliphatic carbocycles. The number of fused-ring (bicyclic) bond motifs is 2. The Labute approximate surface area is 219 Å². The van der Waals surface area contributed by atoms with Gasteiger partial charge in [0.2, 0.25) is 12.5 Å². The van der Waals surface area contributed by atoms with Gasteiger partial charge in [-0.3, -0.25) is 0 Å². The Kier molecular flexibility index (Phi) is 7.04. The minimum absolute atomic E-state index is 0.186. The van der Waals surface area contributed by atoms with E-state index in [4.69, 9.17) is 40.3 Å². The molecular weight excluding hydrogens is 500 g/mol. The van der Waals surface area contributed by atoms with E-state index in [2.05, 4.69) is 6.07 Å². The molecular formula is C27H25ClN2O5S. The number of hydrogen-bond acceptors (Lipinski definition) is 8. The van der Waals surface area contributed by atoms with Crippen molar-refractivity contribution < 1.29 is 23.7 Å². The van der Waals surface area contributed by atoms with E-state index < -0.39 is 0 Å². The Balaban J connectivity index is 1.60. The molecule has 0 unspecified atom stereocenters. The van der Waals surface area contributed by atoms with Crippen LogP contribution in [0.5, 0.6) is 28.7 Å². The highest BCUT2D eigenvalue weighted by molar-refractivity contribution is 7.98. The number of ether oxygens (including phenoxy) is 5. The van der Waals surface area contributed by atoms with E-state index in [-0.39, 0.29) is 6.79 Å². The number of thioether (sulfide) groups is 1. The fourth-order valence-corrected chi connectivity index (χ4v) is 5.99. The summed E-state index contributed by atoms with van der Waals surface area (Å²) >= 11 is 8.00. The Bertz CT molecular complexity index is 1350. The molecule has 0 fully saturated rings. The van der Waals surface area contributed by atoms with Gasteiger partial charge < -0.3 is 23.7 Å². The molecule has 0 saturated carbocycles. The van der Waals surface area contributed by atoms with Gasteiger partial charge in [-0.1, -0.05) is 11.6 Å². The maximum Gasteiger partial charge on any atom is 0.231 e. The van der Waals surface area contributed by atoms with E-state index >= 15 is 0 Å². The van der Waals surface area contributed by atoms with Crippen LogP contribution in [0.1, 0.15) is 35.1 Å². The number of pyridine rings is 1. The van der Waals surface area contributed by atoms with Crippen LogP contribution >= 0.6 is 23.4 Å². The van der Waals surface area contributed by atoms with Crippen LogP contribution in [0.15, 0.2) is 29.3 Å². The summed E-state index contributed by atoms with van der Waals surface area (Å²) < 4.78 is 27.6. The summed E-state index contributed by atoms with van der Waals surface area (Å²) in [5, 5.41) is 11.4. The second-order valence-corrected chi connectivity index (χ2v) is 9.79. The average molecular weight is 525 g/mol. The Morgan fingerprint density at radius 1 is 0.972 bits per heavy atom. The summed E-state index contributed by atoms with van der Waals surface area (Å²) in [6.45, 7) is 0.186. The van der Waals surface area contributed by atoms with Crippen LogP contribution in [0.2, 0.25) is 5.02 Å². The monoisotopic (exact) mass is 524 g/mol. The molecule has 0 atom stereocenters. The number of nitrogens with zero attached hydrogens (tertiary/aromatic N) is 2. The summed E-state index contributed by atoms with van der Waals surface area (Å²) in [5.41, 5.74) is 5.41. The molecule has 2 aromatic carbocycles. The van der Waals surface area contributed by atoms with Gasteiger partial charge in [0.25, 0.3) is 0 Å². The molecule has 0 radical (unpaired) electrons. The smallest absolute Gasteiger partial charge is 0.231 e. The van der Waals surface area contributed by atoms with Crippen molar-refractivity contribution in [3.63, 3.8) is 0 Å². The van der Waals surface area contributed by atoms with E-state index in [9.17, 15) is 5.26 Å². The Morgan fingerprint density at radius 2 is 1.64 bits per heavy atom. The molecule has 3 aromatic rings. The van der Waals surface area contributed by atoms with E-state index in [1.165, 1.54) is 11.8 Å². The minimum Gasteiger partial charge on any atom is -0.493 e. The van der Waals surface area contributed by atoms with E-state index in [1.54, 1.807) is 27.4 Å². The quantitative estimate of drug-likeness (QED) is 0.338. The zero-order chi connectivity index (χ0) is 25.2. The SMILES string of the molecule is COc1cc(-c2nc(SCc3cc4c(cc3Cl)OCO4)c(C#N)c3c2CCCC3)cc(OC)c1OC. The zero-order valence-corrected chi connectivity index (χ0v) is 21.8. The molecule has 7 nitrogen and oxygen atoms in total. The van der Waals surface area contributed by atoms with Crippen molar-refractivity contribution in [2.24, 2.45) is 0 Å². The summed E-state index contributed by atoms with van der Waals surface area (Å²) in [5.74, 6) is 3.49. The minimum atomic E-state index is 0.186. The van der Waals surface area contributed by atoms with E-state index in [1.807, 2.05) is 18.2 Å². The highest BCUT2D eigenvalue weighted by atomic mass is 35.5. The first-order valence-electron chi connectivity index (χ1n) is 11.5. The Hall–Kier alpha value is -3.28. The number of methoxy groups -OCH3 is 3. The third-order valence-electron chi connectivity index (χ3n) is 6.44. The van der Waals surface area contributed by atoms with Gasteiger partial charge in [-0.2, -0.15) is 5.26 Å². The molecule has 0 spiro atoms. The highest BCUT2D eigenvalue weighted by Crippen LogP contribution is 2.45. The van der Waals surface area contributed by atoms with Crippen LogP contribution in [-0.2, 0) is 18.6 Å². The zero-order valence-electron chi connectivity index (χ0n) is 20.3. The maximum atomic E-state index is 10.1. The number of benzene rings is 2.